The zero-order valence-corrected chi connectivity index (χ0v) is 16.2. The first-order valence-corrected chi connectivity index (χ1v) is 9.33. The molecule has 1 aliphatic rings. The lowest BCUT2D eigenvalue weighted by Crippen LogP contribution is -2.36. The van der Waals surface area contributed by atoms with Crippen LogP contribution in [0, 0.1) is 6.92 Å². The number of nitrogens with one attached hydrogen (secondary N) is 1. The minimum absolute atomic E-state index is 0.195. The molecule has 0 atom stereocenters. The summed E-state index contributed by atoms with van der Waals surface area (Å²) < 4.78 is 40.2. The molecule has 4 rings (SSSR count). The Morgan fingerprint density at radius 2 is 1.97 bits per heavy atom. The third-order valence-corrected chi connectivity index (χ3v) is 5.31. The molecule has 0 saturated heterocycles. The predicted octanol–water partition coefficient (Wildman–Crippen LogP) is 3.49. The van der Waals surface area contributed by atoms with Crippen molar-refractivity contribution in [1.82, 2.24) is 24.6 Å². The molecule has 0 spiro atoms. The van der Waals surface area contributed by atoms with Gasteiger partial charge in [-0.3, -0.25) is 9.69 Å². The highest BCUT2D eigenvalue weighted by Gasteiger charge is 2.36. The van der Waals surface area contributed by atoms with Crippen molar-refractivity contribution in [2.45, 2.75) is 32.6 Å². The maximum Gasteiger partial charge on any atom is 0.449 e. The van der Waals surface area contributed by atoms with Gasteiger partial charge in [-0.15, -0.1) is 0 Å². The van der Waals surface area contributed by atoms with Gasteiger partial charge in [0.1, 0.15) is 5.15 Å². The van der Waals surface area contributed by atoms with Gasteiger partial charge in [-0.2, -0.15) is 18.3 Å². The summed E-state index contributed by atoms with van der Waals surface area (Å²) in [5.74, 6) is -1.25. The fourth-order valence-electron chi connectivity index (χ4n) is 3.43. The molecule has 152 valence electrons. The zero-order valence-electron chi connectivity index (χ0n) is 15.4. The van der Waals surface area contributed by atoms with Crippen LogP contribution < -0.4 is 5.56 Å². The Labute approximate surface area is 168 Å². The lowest BCUT2D eigenvalue weighted by Gasteiger charge is -2.27. The molecule has 29 heavy (non-hydrogen) atoms. The van der Waals surface area contributed by atoms with Crippen molar-refractivity contribution in [2.24, 2.45) is 0 Å². The van der Waals surface area contributed by atoms with E-state index in [0.29, 0.717) is 18.2 Å². The molecule has 0 unspecified atom stereocenters. The number of fused-ring (bicyclic) bond motifs is 1. The number of benzene rings is 1. The summed E-state index contributed by atoms with van der Waals surface area (Å²) in [4.78, 5) is 19.6. The Hall–Kier alpha value is -2.65. The van der Waals surface area contributed by atoms with Crippen LogP contribution in [-0.4, -0.2) is 31.2 Å². The number of para-hydroxylation sites is 1. The van der Waals surface area contributed by atoms with E-state index in [0.717, 1.165) is 16.9 Å². The maximum atomic E-state index is 12.9. The first-order chi connectivity index (χ1) is 13.7. The van der Waals surface area contributed by atoms with Gasteiger partial charge in [0, 0.05) is 31.6 Å². The third-order valence-electron chi connectivity index (χ3n) is 4.92. The molecule has 3 heterocycles. The van der Waals surface area contributed by atoms with Crippen molar-refractivity contribution in [3.05, 3.63) is 74.2 Å². The van der Waals surface area contributed by atoms with Gasteiger partial charge < -0.3 is 4.98 Å². The van der Waals surface area contributed by atoms with Crippen LogP contribution in [0.3, 0.4) is 0 Å². The van der Waals surface area contributed by atoms with Crippen LogP contribution in [0.1, 0.15) is 28.3 Å². The van der Waals surface area contributed by atoms with Crippen molar-refractivity contribution < 1.29 is 13.2 Å². The fraction of sp³-hybridized carbons (Fsp3) is 0.316. The minimum atomic E-state index is -4.68. The molecule has 1 aromatic carbocycles. The summed E-state index contributed by atoms with van der Waals surface area (Å²) in [5.41, 5.74) is 2.10. The van der Waals surface area contributed by atoms with Crippen LogP contribution >= 0.6 is 11.6 Å². The van der Waals surface area contributed by atoms with Crippen molar-refractivity contribution in [3.63, 3.8) is 0 Å². The molecule has 6 nitrogen and oxygen atoms in total. The van der Waals surface area contributed by atoms with E-state index < -0.39 is 17.6 Å². The average Bonchev–Trinajstić information content (AvgIpc) is 2.96. The number of hydrogen-bond acceptors (Lipinski definition) is 4. The molecule has 0 fully saturated rings. The molecule has 0 aliphatic carbocycles. The molecule has 0 saturated carbocycles. The van der Waals surface area contributed by atoms with Crippen LogP contribution in [0.5, 0.6) is 0 Å². The van der Waals surface area contributed by atoms with Gasteiger partial charge >= 0.3 is 6.18 Å². The Kier molecular flexibility index (Phi) is 4.95. The lowest BCUT2D eigenvalue weighted by molar-refractivity contribution is -0.145. The Bertz CT molecular complexity index is 1110. The van der Waals surface area contributed by atoms with Crippen LogP contribution in [0.15, 0.2) is 35.1 Å². The highest BCUT2D eigenvalue weighted by molar-refractivity contribution is 6.30. The molecule has 0 radical (unpaired) electrons. The molecular formula is C19H17ClF3N5O. The maximum absolute atomic E-state index is 12.9. The molecule has 10 heteroatoms. The van der Waals surface area contributed by atoms with Crippen molar-refractivity contribution in [2.75, 3.05) is 6.54 Å². The van der Waals surface area contributed by atoms with Gasteiger partial charge in [0.15, 0.2) is 0 Å². The van der Waals surface area contributed by atoms with Crippen molar-refractivity contribution in [3.8, 4) is 5.69 Å². The fourth-order valence-corrected chi connectivity index (χ4v) is 3.76. The Morgan fingerprint density at radius 3 is 2.66 bits per heavy atom. The van der Waals surface area contributed by atoms with Crippen molar-refractivity contribution >= 4 is 11.6 Å². The summed E-state index contributed by atoms with van der Waals surface area (Å²) in [5, 5.41) is 4.97. The van der Waals surface area contributed by atoms with E-state index in [2.05, 4.69) is 10.1 Å². The quantitative estimate of drug-likeness (QED) is 0.700. The standard InChI is InChI=1S/C19H17ClF3N5O/c1-11-13(16(20)28(26-11)12-5-3-2-4-6-12)9-27-8-7-15-14(10-27)17(29)25-18(24-15)19(21,22)23/h2-6H,7-10H2,1H3,(H,24,25,29). The summed E-state index contributed by atoms with van der Waals surface area (Å²) in [7, 11) is 0. The highest BCUT2D eigenvalue weighted by atomic mass is 35.5. The molecule has 2 aromatic heterocycles. The van der Waals surface area contributed by atoms with Gasteiger partial charge in [0.25, 0.3) is 5.56 Å². The average molecular weight is 424 g/mol. The zero-order chi connectivity index (χ0) is 20.8. The van der Waals surface area contributed by atoms with Gasteiger partial charge in [-0.1, -0.05) is 29.8 Å². The second-order valence-corrected chi connectivity index (χ2v) is 7.26. The largest absolute Gasteiger partial charge is 0.449 e. The van der Waals surface area contributed by atoms with Gasteiger partial charge in [-0.25, -0.2) is 9.67 Å². The Morgan fingerprint density at radius 1 is 1.24 bits per heavy atom. The summed E-state index contributed by atoms with van der Waals surface area (Å²) in [6.45, 7) is 2.94. The summed E-state index contributed by atoms with van der Waals surface area (Å²) in [6, 6.07) is 9.46. The number of aromatic amines is 1. The minimum Gasteiger partial charge on any atom is -0.303 e. The smallest absolute Gasteiger partial charge is 0.303 e. The van der Waals surface area contributed by atoms with E-state index in [1.807, 2.05) is 47.1 Å². The second-order valence-electron chi connectivity index (χ2n) is 6.90. The molecule has 1 N–H and O–H groups in total. The molecule has 0 bridgehead atoms. The van der Waals surface area contributed by atoms with Crippen molar-refractivity contribution in [1.29, 1.82) is 0 Å². The van der Waals surface area contributed by atoms with Crippen LogP contribution in [0.4, 0.5) is 13.2 Å². The topological polar surface area (TPSA) is 66.8 Å². The van der Waals surface area contributed by atoms with Crippen LogP contribution in [-0.2, 0) is 25.7 Å². The number of rotatable bonds is 3. The molecule has 1 aliphatic heterocycles. The number of hydrogen-bond donors (Lipinski definition) is 1. The first-order valence-electron chi connectivity index (χ1n) is 8.95. The number of H-pyrrole nitrogens is 1. The van der Waals surface area contributed by atoms with E-state index >= 15 is 0 Å². The predicted molar refractivity (Wildman–Crippen MR) is 101 cm³/mol. The first kappa shape index (κ1) is 19.7. The normalized spacial score (nSPS) is 14.8. The summed E-state index contributed by atoms with van der Waals surface area (Å²) in [6.07, 6.45) is -4.42. The SMILES string of the molecule is Cc1nn(-c2ccccc2)c(Cl)c1CN1CCc2nc(C(F)(F)F)[nH]c(=O)c2C1. The van der Waals surface area contributed by atoms with Gasteiger partial charge in [0.05, 0.1) is 22.6 Å². The molecule has 3 aromatic rings. The van der Waals surface area contributed by atoms with Crippen LogP contribution in [0.2, 0.25) is 5.15 Å². The van der Waals surface area contributed by atoms with E-state index in [4.69, 9.17) is 11.6 Å². The third kappa shape index (κ3) is 3.79. The van der Waals surface area contributed by atoms with E-state index in [1.165, 1.54) is 0 Å². The molecule has 0 amide bonds. The molecular weight excluding hydrogens is 407 g/mol. The van der Waals surface area contributed by atoms with Gasteiger partial charge in [0.2, 0.25) is 5.82 Å². The lowest BCUT2D eigenvalue weighted by atomic mass is 10.1. The summed E-state index contributed by atoms with van der Waals surface area (Å²) >= 11 is 6.55. The van der Waals surface area contributed by atoms with E-state index in [9.17, 15) is 18.0 Å². The van der Waals surface area contributed by atoms with E-state index in [1.54, 1.807) is 4.68 Å². The van der Waals surface area contributed by atoms with Gasteiger partial charge in [-0.05, 0) is 19.1 Å². The number of aryl methyl sites for hydroxylation is 1. The van der Waals surface area contributed by atoms with E-state index in [-0.39, 0.29) is 24.2 Å². The number of aromatic nitrogens is 4. The number of alkyl halides is 3. The highest BCUT2D eigenvalue weighted by Crippen LogP contribution is 2.28. The Balaban J connectivity index is 1.59. The number of halogens is 4. The van der Waals surface area contributed by atoms with Crippen LogP contribution in [0.25, 0.3) is 5.69 Å². The monoisotopic (exact) mass is 423 g/mol. The second kappa shape index (κ2) is 7.31. The number of nitrogens with zero attached hydrogens (tertiary/aromatic N) is 4.